The monoisotopic (exact) mass is 467 g/mol. The number of hydrogen-bond donors (Lipinski definition) is 1. The lowest BCUT2D eigenvalue weighted by Crippen LogP contribution is -2.45. The van der Waals surface area contributed by atoms with Crippen molar-refractivity contribution in [1.29, 1.82) is 0 Å². The summed E-state index contributed by atoms with van der Waals surface area (Å²) in [4.78, 5) is 17.1. The zero-order chi connectivity index (χ0) is 23.3. The lowest BCUT2D eigenvalue weighted by Gasteiger charge is -2.28. The molecule has 0 spiro atoms. The summed E-state index contributed by atoms with van der Waals surface area (Å²) < 4.78 is 40.0. The number of hydrogen-bond acceptors (Lipinski definition) is 3. The Hall–Kier alpha value is -2.09. The highest BCUT2D eigenvalue weighted by atomic mass is 35.5. The van der Waals surface area contributed by atoms with Gasteiger partial charge in [-0.1, -0.05) is 41.9 Å². The second-order valence-electron chi connectivity index (χ2n) is 8.05. The van der Waals surface area contributed by atoms with Crippen LogP contribution < -0.4 is 5.32 Å². The fourth-order valence-electron chi connectivity index (χ4n) is 4.26. The average molecular weight is 468 g/mol. The van der Waals surface area contributed by atoms with Gasteiger partial charge in [-0.2, -0.15) is 13.2 Å². The van der Waals surface area contributed by atoms with E-state index in [9.17, 15) is 18.0 Å². The molecule has 1 heterocycles. The number of nitrogens with one attached hydrogen (secondary N) is 1. The molecule has 1 aliphatic rings. The average Bonchev–Trinajstić information content (AvgIpc) is 3.17. The van der Waals surface area contributed by atoms with Gasteiger partial charge < -0.3 is 10.2 Å². The van der Waals surface area contributed by atoms with Crippen LogP contribution in [-0.2, 0) is 24.1 Å². The van der Waals surface area contributed by atoms with Gasteiger partial charge in [0.1, 0.15) is 0 Å². The van der Waals surface area contributed by atoms with Crippen LogP contribution in [-0.4, -0.2) is 47.4 Å². The lowest BCUT2D eigenvalue weighted by molar-refractivity contribution is -0.138. The topological polar surface area (TPSA) is 35.6 Å². The molecule has 32 heavy (non-hydrogen) atoms. The van der Waals surface area contributed by atoms with Crippen LogP contribution in [0.3, 0.4) is 0 Å². The zero-order valence-electron chi connectivity index (χ0n) is 18.3. The van der Waals surface area contributed by atoms with Gasteiger partial charge in [0.2, 0.25) is 5.91 Å². The first kappa shape index (κ1) is 24.6. The molecule has 2 aromatic carbocycles. The lowest BCUT2D eigenvalue weighted by atomic mass is 10.1. The Labute approximate surface area is 192 Å². The van der Waals surface area contributed by atoms with E-state index in [0.29, 0.717) is 37.6 Å². The summed E-state index contributed by atoms with van der Waals surface area (Å²) in [6.45, 7) is 6.39. The minimum atomic E-state index is -4.39. The summed E-state index contributed by atoms with van der Waals surface area (Å²) in [7, 11) is 0. The van der Waals surface area contributed by atoms with E-state index < -0.39 is 11.7 Å². The van der Waals surface area contributed by atoms with Crippen LogP contribution in [0, 0.1) is 0 Å². The van der Waals surface area contributed by atoms with E-state index in [-0.39, 0.29) is 30.1 Å². The number of rotatable bonds is 8. The molecular weight excluding hydrogens is 439 g/mol. The van der Waals surface area contributed by atoms with Crippen molar-refractivity contribution >= 4 is 17.5 Å². The Kier molecular flexibility index (Phi) is 8.20. The van der Waals surface area contributed by atoms with E-state index in [4.69, 9.17) is 11.6 Å². The molecule has 1 amide bonds. The van der Waals surface area contributed by atoms with Crippen LogP contribution in [0.5, 0.6) is 0 Å². The van der Waals surface area contributed by atoms with Crippen molar-refractivity contribution in [2.45, 2.75) is 51.6 Å². The second-order valence-corrected chi connectivity index (χ2v) is 8.49. The van der Waals surface area contributed by atoms with Crippen LogP contribution in [0.1, 0.15) is 37.0 Å². The van der Waals surface area contributed by atoms with Gasteiger partial charge in [0, 0.05) is 43.8 Å². The number of likely N-dealkylation sites (N-methyl/N-ethyl adjacent to an activating group) is 1. The standard InChI is InChI=1S/C24H29ClF3N3O/c1-3-30(4-2)23(32)22-13-20(16-31(22)15-17-9-11-19(25)12-10-17)29-14-18-7-5-6-8-21(18)24(26,27)28/h5-12,20,22,29H,3-4,13-16H2,1-2H3/t20-,22-/m0/s1. The first-order chi connectivity index (χ1) is 15.2. The molecular formula is C24H29ClF3N3O. The maximum atomic E-state index is 13.3. The summed E-state index contributed by atoms with van der Waals surface area (Å²) in [5.41, 5.74) is 0.622. The summed E-state index contributed by atoms with van der Waals surface area (Å²) >= 11 is 5.99. The second kappa shape index (κ2) is 10.7. The number of carbonyl (C=O) groups excluding carboxylic acids is 1. The van der Waals surface area contributed by atoms with Gasteiger partial charge in [-0.3, -0.25) is 9.69 Å². The van der Waals surface area contributed by atoms with E-state index >= 15 is 0 Å². The number of halogens is 4. The molecule has 8 heteroatoms. The Balaban J connectivity index is 1.74. The molecule has 3 rings (SSSR count). The van der Waals surface area contributed by atoms with E-state index in [1.54, 1.807) is 11.0 Å². The number of benzene rings is 2. The first-order valence-corrected chi connectivity index (χ1v) is 11.3. The predicted octanol–water partition coefficient (Wildman–Crippen LogP) is 4.96. The zero-order valence-corrected chi connectivity index (χ0v) is 19.1. The molecule has 0 radical (unpaired) electrons. The number of amides is 1. The molecule has 0 unspecified atom stereocenters. The van der Waals surface area contributed by atoms with Gasteiger partial charge in [-0.15, -0.1) is 0 Å². The van der Waals surface area contributed by atoms with Crippen LogP contribution in [0.15, 0.2) is 48.5 Å². The van der Waals surface area contributed by atoms with E-state index in [0.717, 1.165) is 11.6 Å². The molecule has 1 saturated heterocycles. The fourth-order valence-corrected chi connectivity index (χ4v) is 4.38. The van der Waals surface area contributed by atoms with Crippen molar-refractivity contribution in [1.82, 2.24) is 15.1 Å². The molecule has 1 fully saturated rings. The molecule has 1 N–H and O–H groups in total. The highest BCUT2D eigenvalue weighted by Crippen LogP contribution is 2.32. The van der Waals surface area contributed by atoms with Crippen LogP contribution in [0.25, 0.3) is 0 Å². The van der Waals surface area contributed by atoms with E-state index in [2.05, 4.69) is 10.2 Å². The van der Waals surface area contributed by atoms with Crippen molar-refractivity contribution in [2.24, 2.45) is 0 Å². The van der Waals surface area contributed by atoms with Crippen molar-refractivity contribution in [3.8, 4) is 0 Å². The number of likely N-dealkylation sites (tertiary alicyclic amines) is 1. The van der Waals surface area contributed by atoms with Crippen molar-refractivity contribution in [2.75, 3.05) is 19.6 Å². The molecule has 0 bridgehead atoms. The number of alkyl halides is 3. The van der Waals surface area contributed by atoms with Crippen molar-refractivity contribution in [3.05, 3.63) is 70.2 Å². The molecule has 2 aromatic rings. The highest BCUT2D eigenvalue weighted by molar-refractivity contribution is 6.30. The third-order valence-corrected chi connectivity index (χ3v) is 6.22. The highest BCUT2D eigenvalue weighted by Gasteiger charge is 2.38. The molecule has 0 saturated carbocycles. The number of nitrogens with zero attached hydrogens (tertiary/aromatic N) is 2. The third kappa shape index (κ3) is 6.03. The molecule has 4 nitrogen and oxygen atoms in total. The Bertz CT molecular complexity index is 900. The quantitative estimate of drug-likeness (QED) is 0.596. The van der Waals surface area contributed by atoms with Gasteiger partial charge >= 0.3 is 6.18 Å². The van der Waals surface area contributed by atoms with Gasteiger partial charge in [0.15, 0.2) is 0 Å². The normalized spacial score (nSPS) is 19.3. The largest absolute Gasteiger partial charge is 0.416 e. The minimum absolute atomic E-state index is 0.0592. The van der Waals surface area contributed by atoms with E-state index in [1.165, 1.54) is 12.1 Å². The molecule has 1 aliphatic heterocycles. The summed E-state index contributed by atoms with van der Waals surface area (Å²) in [6, 6.07) is 12.7. The van der Waals surface area contributed by atoms with E-state index in [1.807, 2.05) is 38.1 Å². The fraction of sp³-hybridized carbons (Fsp3) is 0.458. The smallest absolute Gasteiger partial charge is 0.342 e. The Morgan fingerprint density at radius 3 is 2.41 bits per heavy atom. The summed E-state index contributed by atoms with van der Waals surface area (Å²) in [6.07, 6.45) is -3.84. The summed E-state index contributed by atoms with van der Waals surface area (Å²) in [5, 5.41) is 3.91. The van der Waals surface area contributed by atoms with Gasteiger partial charge in [0.05, 0.1) is 11.6 Å². The van der Waals surface area contributed by atoms with Crippen LogP contribution in [0.2, 0.25) is 5.02 Å². The molecule has 174 valence electrons. The minimum Gasteiger partial charge on any atom is -0.342 e. The maximum absolute atomic E-state index is 13.3. The van der Waals surface area contributed by atoms with Gasteiger partial charge in [-0.05, 0) is 49.6 Å². The van der Waals surface area contributed by atoms with Crippen molar-refractivity contribution in [3.63, 3.8) is 0 Å². The summed E-state index contributed by atoms with van der Waals surface area (Å²) in [5.74, 6) is 0.0592. The Morgan fingerprint density at radius 2 is 1.78 bits per heavy atom. The van der Waals surface area contributed by atoms with Gasteiger partial charge in [-0.25, -0.2) is 0 Å². The SMILES string of the molecule is CCN(CC)C(=O)[C@@H]1C[C@H](NCc2ccccc2C(F)(F)F)CN1Cc1ccc(Cl)cc1. The van der Waals surface area contributed by atoms with Crippen molar-refractivity contribution < 1.29 is 18.0 Å². The molecule has 0 aromatic heterocycles. The number of carbonyl (C=O) groups is 1. The van der Waals surface area contributed by atoms with Gasteiger partial charge in [0.25, 0.3) is 0 Å². The first-order valence-electron chi connectivity index (χ1n) is 10.9. The maximum Gasteiger partial charge on any atom is 0.416 e. The van der Waals surface area contributed by atoms with Crippen LogP contribution >= 0.6 is 11.6 Å². The third-order valence-electron chi connectivity index (χ3n) is 5.97. The predicted molar refractivity (Wildman–Crippen MR) is 120 cm³/mol. The van der Waals surface area contributed by atoms with Crippen LogP contribution in [0.4, 0.5) is 13.2 Å². The Morgan fingerprint density at radius 1 is 1.12 bits per heavy atom. The molecule has 0 aliphatic carbocycles. The molecule has 2 atom stereocenters.